The minimum Gasteiger partial charge on any atom is -0.415 e. The fourth-order valence-corrected chi connectivity index (χ4v) is 5.01. The summed E-state index contributed by atoms with van der Waals surface area (Å²) in [5.41, 5.74) is 0.821. The van der Waals surface area contributed by atoms with Crippen molar-refractivity contribution in [2.24, 2.45) is 0 Å². The quantitative estimate of drug-likeness (QED) is 0.225. The molecular weight excluding hydrogens is 452 g/mol. The van der Waals surface area contributed by atoms with E-state index in [0.29, 0.717) is 13.0 Å². The van der Waals surface area contributed by atoms with Gasteiger partial charge in [-0.05, 0) is 54.0 Å². The van der Waals surface area contributed by atoms with E-state index in [-0.39, 0.29) is 21.7 Å². The number of carbonyl (C=O) groups is 1. The van der Waals surface area contributed by atoms with Crippen molar-refractivity contribution in [2.75, 3.05) is 6.61 Å². The lowest BCUT2D eigenvalue weighted by atomic mass is 10.0. The van der Waals surface area contributed by atoms with E-state index >= 15 is 0 Å². The van der Waals surface area contributed by atoms with Crippen molar-refractivity contribution < 1.29 is 18.6 Å². The van der Waals surface area contributed by atoms with E-state index in [0.717, 1.165) is 5.56 Å². The molecule has 0 bridgehead atoms. The average molecular weight is 497 g/mol. The molecule has 0 fully saturated rings. The van der Waals surface area contributed by atoms with Crippen molar-refractivity contribution in [3.63, 3.8) is 0 Å². The van der Waals surface area contributed by atoms with Crippen LogP contribution in [0.2, 0.25) is 36.3 Å². The number of nitro groups is 1. The Balaban J connectivity index is 3.46. The normalized spacial score (nSPS) is 15.1. The van der Waals surface area contributed by atoms with Crippen LogP contribution in [-0.4, -0.2) is 40.1 Å². The molecule has 188 valence electrons. The molecule has 33 heavy (non-hydrogen) atoms. The van der Waals surface area contributed by atoms with Crippen molar-refractivity contribution in [1.82, 2.24) is 5.32 Å². The van der Waals surface area contributed by atoms with Crippen LogP contribution in [0.4, 0.5) is 5.69 Å². The zero-order valence-electron chi connectivity index (χ0n) is 22.4. The first-order valence-electron chi connectivity index (χ1n) is 11.7. The van der Waals surface area contributed by atoms with Gasteiger partial charge in [0.15, 0.2) is 16.6 Å². The summed E-state index contributed by atoms with van der Waals surface area (Å²) in [7, 11) is -4.33. The van der Waals surface area contributed by atoms with Crippen LogP contribution in [0.3, 0.4) is 0 Å². The Kier molecular flexibility index (Phi) is 9.64. The van der Waals surface area contributed by atoms with Crippen LogP contribution in [0.15, 0.2) is 24.3 Å². The van der Waals surface area contributed by atoms with Crippen LogP contribution >= 0.6 is 0 Å². The molecule has 0 unspecified atom stereocenters. The second-order valence-corrected chi connectivity index (χ2v) is 21.3. The molecule has 1 N–H and O–H groups in total. The van der Waals surface area contributed by atoms with Gasteiger partial charge < -0.3 is 14.2 Å². The standard InChI is InChI=1S/C24H44N2O5Si2/c1-12-21(27)25-20(17-30-32(8,9)23(2,3)4)22(31-33(10,11)24(5,6)7)18-13-15-19(16-14-18)26(28)29/h13-16,20,22H,12,17H2,1-11H3,(H,25,27)/t20-,22-/m1/s1. The first-order valence-corrected chi connectivity index (χ1v) is 17.5. The van der Waals surface area contributed by atoms with Gasteiger partial charge in [-0.15, -0.1) is 0 Å². The third kappa shape index (κ3) is 8.01. The Bertz CT molecular complexity index is 812. The molecule has 1 amide bonds. The Labute approximate surface area is 202 Å². The van der Waals surface area contributed by atoms with Crippen LogP contribution in [0.25, 0.3) is 0 Å². The molecule has 0 saturated heterocycles. The highest BCUT2D eigenvalue weighted by Crippen LogP contribution is 2.41. The van der Waals surface area contributed by atoms with E-state index in [1.165, 1.54) is 12.1 Å². The minimum absolute atomic E-state index is 0.0233. The molecule has 1 rings (SSSR count). The van der Waals surface area contributed by atoms with Crippen LogP contribution in [0.1, 0.15) is 66.6 Å². The van der Waals surface area contributed by atoms with Crippen LogP contribution in [0, 0.1) is 10.1 Å². The predicted molar refractivity (Wildman–Crippen MR) is 139 cm³/mol. The first-order chi connectivity index (χ1) is 14.8. The number of hydrogen-bond donors (Lipinski definition) is 1. The summed E-state index contributed by atoms with van der Waals surface area (Å²) in [6, 6.07) is 6.03. The van der Waals surface area contributed by atoms with Crippen molar-refractivity contribution in [1.29, 1.82) is 0 Å². The van der Waals surface area contributed by atoms with Gasteiger partial charge >= 0.3 is 0 Å². The Morgan fingerprint density at radius 3 is 1.88 bits per heavy atom. The molecule has 1 aromatic rings. The summed E-state index contributed by atoms with van der Waals surface area (Å²) >= 11 is 0. The second-order valence-electron chi connectivity index (χ2n) is 11.7. The van der Waals surface area contributed by atoms with Gasteiger partial charge in [0, 0.05) is 18.6 Å². The average Bonchev–Trinajstić information content (AvgIpc) is 2.67. The molecule has 0 heterocycles. The number of amides is 1. The summed E-state index contributed by atoms with van der Waals surface area (Å²) in [5, 5.41) is 14.3. The van der Waals surface area contributed by atoms with Crippen LogP contribution in [0.5, 0.6) is 0 Å². The number of carbonyl (C=O) groups excluding carboxylic acids is 1. The number of hydrogen-bond acceptors (Lipinski definition) is 5. The molecule has 0 saturated carbocycles. The molecule has 0 aromatic heterocycles. The smallest absolute Gasteiger partial charge is 0.269 e. The number of nitrogens with zero attached hydrogens (tertiary/aromatic N) is 1. The SMILES string of the molecule is CCC(=O)N[C@H](CO[Si](C)(C)C(C)(C)C)[C@H](O[Si](C)(C)C(C)(C)C)c1ccc([N+](=O)[O-])cc1. The highest BCUT2D eigenvalue weighted by atomic mass is 28.4. The number of non-ortho nitro benzene ring substituents is 1. The van der Waals surface area contributed by atoms with Crippen molar-refractivity contribution in [2.45, 2.75) is 103 Å². The lowest BCUT2D eigenvalue weighted by molar-refractivity contribution is -0.384. The lowest BCUT2D eigenvalue weighted by Gasteiger charge is -2.43. The van der Waals surface area contributed by atoms with E-state index in [1.807, 2.05) is 6.92 Å². The van der Waals surface area contributed by atoms with Gasteiger partial charge in [-0.3, -0.25) is 14.9 Å². The molecule has 0 radical (unpaired) electrons. The molecule has 9 heteroatoms. The zero-order chi connectivity index (χ0) is 25.8. The highest BCUT2D eigenvalue weighted by molar-refractivity contribution is 6.74. The van der Waals surface area contributed by atoms with Gasteiger partial charge in [0.25, 0.3) is 5.69 Å². The molecule has 0 spiro atoms. The topological polar surface area (TPSA) is 90.7 Å². The molecule has 0 aliphatic rings. The van der Waals surface area contributed by atoms with Gasteiger partial charge in [-0.2, -0.15) is 0 Å². The largest absolute Gasteiger partial charge is 0.415 e. The van der Waals surface area contributed by atoms with Crippen LogP contribution < -0.4 is 5.32 Å². The summed E-state index contributed by atoms with van der Waals surface area (Å²) in [4.78, 5) is 23.3. The summed E-state index contributed by atoms with van der Waals surface area (Å²) in [5.74, 6) is -0.0791. The third-order valence-electron chi connectivity index (χ3n) is 7.12. The number of benzene rings is 1. The monoisotopic (exact) mass is 496 g/mol. The van der Waals surface area contributed by atoms with E-state index < -0.39 is 33.7 Å². The summed E-state index contributed by atoms with van der Waals surface area (Å²) in [6.45, 7) is 23.9. The number of nitrogens with one attached hydrogen (secondary N) is 1. The predicted octanol–water partition coefficient (Wildman–Crippen LogP) is 6.57. The van der Waals surface area contributed by atoms with Gasteiger partial charge in [0.1, 0.15) is 0 Å². The molecule has 2 atom stereocenters. The van der Waals surface area contributed by atoms with E-state index in [4.69, 9.17) is 8.85 Å². The number of nitro benzene ring substituents is 1. The maximum absolute atomic E-state index is 12.5. The third-order valence-corrected chi connectivity index (χ3v) is 16.1. The van der Waals surface area contributed by atoms with Crippen molar-refractivity contribution in [3.8, 4) is 0 Å². The van der Waals surface area contributed by atoms with Gasteiger partial charge in [0.2, 0.25) is 5.91 Å². The molecule has 0 aliphatic carbocycles. The fraction of sp³-hybridized carbons (Fsp3) is 0.708. The van der Waals surface area contributed by atoms with E-state index in [9.17, 15) is 14.9 Å². The highest BCUT2D eigenvalue weighted by Gasteiger charge is 2.43. The zero-order valence-corrected chi connectivity index (χ0v) is 24.4. The van der Waals surface area contributed by atoms with E-state index in [1.54, 1.807) is 12.1 Å². The molecule has 7 nitrogen and oxygen atoms in total. The van der Waals surface area contributed by atoms with Crippen LogP contribution in [-0.2, 0) is 13.6 Å². The van der Waals surface area contributed by atoms with Crippen molar-refractivity contribution >= 4 is 28.2 Å². The molecule has 0 aliphatic heterocycles. The Morgan fingerprint density at radius 1 is 1.00 bits per heavy atom. The fourth-order valence-electron chi connectivity index (χ4n) is 2.69. The van der Waals surface area contributed by atoms with Gasteiger partial charge in [-0.1, -0.05) is 48.5 Å². The first kappa shape index (κ1) is 29.5. The van der Waals surface area contributed by atoms with Crippen molar-refractivity contribution in [3.05, 3.63) is 39.9 Å². The molecular formula is C24H44N2O5Si2. The Morgan fingerprint density at radius 2 is 1.48 bits per heavy atom. The molecule has 1 aromatic carbocycles. The summed E-state index contributed by atoms with van der Waals surface area (Å²) in [6.07, 6.45) is -0.129. The number of rotatable bonds is 10. The van der Waals surface area contributed by atoms with E-state index in [2.05, 4.69) is 73.0 Å². The van der Waals surface area contributed by atoms with Gasteiger partial charge in [-0.25, -0.2) is 0 Å². The lowest BCUT2D eigenvalue weighted by Crippen LogP contribution is -2.51. The maximum Gasteiger partial charge on any atom is 0.269 e. The minimum atomic E-state index is -2.25. The Hall–Kier alpha value is -1.56. The van der Waals surface area contributed by atoms with Gasteiger partial charge in [0.05, 0.1) is 23.7 Å². The summed E-state index contributed by atoms with van der Waals surface area (Å²) < 4.78 is 13.4. The maximum atomic E-state index is 12.5. The second kappa shape index (κ2) is 10.8.